The molecule has 4 nitrogen and oxygen atoms in total. The summed E-state index contributed by atoms with van der Waals surface area (Å²) in [7, 11) is 0. The summed E-state index contributed by atoms with van der Waals surface area (Å²) in [6, 6.07) is 4.93. The number of carbonyl (C=O) groups is 1. The number of benzene rings is 1. The summed E-state index contributed by atoms with van der Waals surface area (Å²) < 4.78 is 0. The number of aromatic hydroxyl groups is 1. The smallest absolute Gasteiger partial charge is 0.328 e. The molecule has 0 bridgehead atoms. The fourth-order valence-electron chi connectivity index (χ4n) is 1.98. The normalized spacial score (nSPS) is 13.1. The van der Waals surface area contributed by atoms with Crippen LogP contribution in [0, 0.1) is 0 Å². The van der Waals surface area contributed by atoms with Gasteiger partial charge >= 0.3 is 5.97 Å². The van der Waals surface area contributed by atoms with Crippen molar-refractivity contribution in [3.05, 3.63) is 58.7 Å². The molecule has 0 saturated carbocycles. The van der Waals surface area contributed by atoms with Gasteiger partial charge in [0.15, 0.2) is 0 Å². The third kappa shape index (κ3) is 6.98. The Morgan fingerprint density at radius 2 is 1.91 bits per heavy atom. The van der Waals surface area contributed by atoms with Crippen LogP contribution in [0.5, 0.6) is 5.75 Å². The molecule has 4 heteroatoms. The number of aliphatic hydroxyl groups excluding tert-OH is 1. The van der Waals surface area contributed by atoms with E-state index in [1.807, 2.05) is 32.9 Å². The minimum absolute atomic E-state index is 0.153. The number of aliphatic hydroxyl groups is 1. The average Bonchev–Trinajstić information content (AvgIpc) is 2.49. The molecule has 1 aromatic rings. The molecule has 1 rings (SSSR count). The highest BCUT2D eigenvalue weighted by Gasteiger charge is 2.06. The van der Waals surface area contributed by atoms with E-state index in [0.717, 1.165) is 17.2 Å². The lowest BCUT2D eigenvalue weighted by Gasteiger charge is -2.10. The van der Waals surface area contributed by atoms with Crippen molar-refractivity contribution >= 4 is 12.0 Å². The van der Waals surface area contributed by atoms with Crippen LogP contribution in [0.4, 0.5) is 0 Å². The summed E-state index contributed by atoms with van der Waals surface area (Å²) >= 11 is 0. The van der Waals surface area contributed by atoms with Gasteiger partial charge in [0.25, 0.3) is 0 Å². The van der Waals surface area contributed by atoms with Crippen molar-refractivity contribution < 1.29 is 20.1 Å². The van der Waals surface area contributed by atoms with Crippen molar-refractivity contribution in [2.24, 2.45) is 0 Å². The first-order valence-electron chi connectivity index (χ1n) is 7.50. The van der Waals surface area contributed by atoms with Gasteiger partial charge in [-0.2, -0.15) is 0 Å². The molecular weight excluding hydrogens is 292 g/mol. The molecule has 124 valence electrons. The molecule has 0 spiro atoms. The second-order valence-electron chi connectivity index (χ2n) is 5.74. The minimum atomic E-state index is -1.02. The number of allylic oxidation sites excluding steroid dienone is 2. The molecule has 0 fully saturated rings. The Kier molecular flexibility index (Phi) is 7.29. The summed E-state index contributed by atoms with van der Waals surface area (Å²) in [5.41, 5.74) is 3.39. The van der Waals surface area contributed by atoms with Gasteiger partial charge in [-0.3, -0.25) is 0 Å². The molecule has 1 aromatic carbocycles. The van der Waals surface area contributed by atoms with E-state index in [-0.39, 0.29) is 5.75 Å². The topological polar surface area (TPSA) is 77.8 Å². The van der Waals surface area contributed by atoms with Crippen LogP contribution >= 0.6 is 0 Å². The highest BCUT2D eigenvalue weighted by atomic mass is 16.4. The molecule has 3 N–H and O–H groups in total. The Bertz CT molecular complexity index is 635. The highest BCUT2D eigenvalue weighted by molar-refractivity contribution is 5.85. The van der Waals surface area contributed by atoms with E-state index >= 15 is 0 Å². The SMILES string of the molecule is CC(C)=CC[C@@H](O)C(C)=CCc1cc(C=CC(=O)O)ccc1O. The van der Waals surface area contributed by atoms with E-state index in [1.165, 1.54) is 6.08 Å². The summed E-state index contributed by atoms with van der Waals surface area (Å²) in [6.07, 6.45) is 6.89. The van der Waals surface area contributed by atoms with Crippen molar-refractivity contribution in [3.8, 4) is 5.75 Å². The van der Waals surface area contributed by atoms with Crippen LogP contribution in [0.3, 0.4) is 0 Å². The third-order valence-corrected chi connectivity index (χ3v) is 3.44. The zero-order valence-corrected chi connectivity index (χ0v) is 13.8. The van der Waals surface area contributed by atoms with Gasteiger partial charge in [-0.15, -0.1) is 0 Å². The predicted octanol–water partition coefficient (Wildman–Crippen LogP) is 3.70. The quantitative estimate of drug-likeness (QED) is 0.529. The van der Waals surface area contributed by atoms with Gasteiger partial charge in [-0.05, 0) is 68.5 Å². The van der Waals surface area contributed by atoms with E-state index in [4.69, 9.17) is 5.11 Å². The maximum absolute atomic E-state index is 10.5. The van der Waals surface area contributed by atoms with Crippen LogP contribution in [0.15, 0.2) is 47.6 Å². The zero-order chi connectivity index (χ0) is 17.4. The number of hydrogen-bond acceptors (Lipinski definition) is 3. The van der Waals surface area contributed by atoms with Gasteiger partial charge < -0.3 is 15.3 Å². The summed E-state index contributed by atoms with van der Waals surface area (Å²) in [5.74, 6) is -0.863. The van der Waals surface area contributed by atoms with Crippen LogP contribution in [-0.2, 0) is 11.2 Å². The lowest BCUT2D eigenvalue weighted by molar-refractivity contribution is -0.131. The predicted molar refractivity (Wildman–Crippen MR) is 92.3 cm³/mol. The van der Waals surface area contributed by atoms with E-state index in [1.54, 1.807) is 18.2 Å². The molecular formula is C19H24O4. The summed E-state index contributed by atoms with van der Waals surface area (Å²) in [4.78, 5) is 10.5. The summed E-state index contributed by atoms with van der Waals surface area (Å²) in [6.45, 7) is 5.83. The second-order valence-corrected chi connectivity index (χ2v) is 5.74. The second kappa shape index (κ2) is 8.96. The Labute approximate surface area is 137 Å². The van der Waals surface area contributed by atoms with Gasteiger partial charge in [-0.25, -0.2) is 4.79 Å². The fourth-order valence-corrected chi connectivity index (χ4v) is 1.98. The van der Waals surface area contributed by atoms with Crippen LogP contribution in [-0.4, -0.2) is 27.4 Å². The largest absolute Gasteiger partial charge is 0.508 e. The van der Waals surface area contributed by atoms with Crippen molar-refractivity contribution in [2.45, 2.75) is 39.7 Å². The summed E-state index contributed by atoms with van der Waals surface area (Å²) in [5, 5.41) is 28.6. The van der Waals surface area contributed by atoms with Crippen LogP contribution < -0.4 is 0 Å². The molecule has 0 saturated heterocycles. The van der Waals surface area contributed by atoms with Crippen molar-refractivity contribution in [2.75, 3.05) is 0 Å². The molecule has 0 radical (unpaired) electrons. The Balaban J connectivity index is 2.83. The first kappa shape index (κ1) is 18.7. The Hall–Kier alpha value is -2.33. The van der Waals surface area contributed by atoms with Gasteiger partial charge in [0, 0.05) is 6.08 Å². The fraction of sp³-hybridized carbons (Fsp3) is 0.316. The average molecular weight is 316 g/mol. The number of phenolic OH excluding ortho intramolecular Hbond substituents is 1. The first-order valence-corrected chi connectivity index (χ1v) is 7.50. The van der Waals surface area contributed by atoms with Crippen molar-refractivity contribution in [3.63, 3.8) is 0 Å². The van der Waals surface area contributed by atoms with Crippen LogP contribution in [0.1, 0.15) is 38.3 Å². The molecule has 0 aliphatic rings. The van der Waals surface area contributed by atoms with Gasteiger partial charge in [0.05, 0.1) is 6.10 Å². The lowest BCUT2D eigenvalue weighted by atomic mass is 10.0. The standard InChI is InChI=1S/C19H24O4/c1-13(2)4-9-17(20)14(3)5-8-16-12-15(6-10-18(16)21)7-11-19(22)23/h4-7,10-12,17,20-21H,8-9H2,1-3H3,(H,22,23)/t17-/m1/s1. The van der Waals surface area contributed by atoms with Crippen molar-refractivity contribution in [1.29, 1.82) is 0 Å². The first-order chi connectivity index (χ1) is 10.8. The van der Waals surface area contributed by atoms with Gasteiger partial charge in [0.1, 0.15) is 5.75 Å². The maximum atomic E-state index is 10.5. The molecule has 0 unspecified atom stereocenters. The van der Waals surface area contributed by atoms with E-state index in [2.05, 4.69) is 0 Å². The Morgan fingerprint density at radius 1 is 1.22 bits per heavy atom. The Morgan fingerprint density at radius 3 is 2.52 bits per heavy atom. The monoisotopic (exact) mass is 316 g/mol. The van der Waals surface area contributed by atoms with Crippen LogP contribution in [0.2, 0.25) is 0 Å². The van der Waals surface area contributed by atoms with Crippen molar-refractivity contribution in [1.82, 2.24) is 0 Å². The highest BCUT2D eigenvalue weighted by Crippen LogP contribution is 2.21. The molecule has 0 aliphatic carbocycles. The number of carboxylic acids is 1. The molecule has 0 aromatic heterocycles. The van der Waals surface area contributed by atoms with E-state index < -0.39 is 12.1 Å². The molecule has 0 amide bonds. The maximum Gasteiger partial charge on any atom is 0.328 e. The molecule has 1 atom stereocenters. The zero-order valence-electron chi connectivity index (χ0n) is 13.8. The molecule has 23 heavy (non-hydrogen) atoms. The van der Waals surface area contributed by atoms with Gasteiger partial charge in [-0.1, -0.05) is 23.8 Å². The lowest BCUT2D eigenvalue weighted by Crippen LogP contribution is -2.07. The van der Waals surface area contributed by atoms with E-state index in [9.17, 15) is 15.0 Å². The third-order valence-electron chi connectivity index (χ3n) is 3.44. The van der Waals surface area contributed by atoms with Crippen LogP contribution in [0.25, 0.3) is 6.08 Å². The molecule has 0 aliphatic heterocycles. The van der Waals surface area contributed by atoms with E-state index in [0.29, 0.717) is 24.0 Å². The minimum Gasteiger partial charge on any atom is -0.508 e. The number of aliphatic carboxylic acids is 1. The number of hydrogen-bond donors (Lipinski definition) is 3. The number of phenols is 1. The van der Waals surface area contributed by atoms with Gasteiger partial charge in [0.2, 0.25) is 0 Å². The number of rotatable bonds is 7. The molecule has 0 heterocycles. The number of carboxylic acid groups (broad SMARTS) is 1.